The minimum Gasteiger partial charge on any atom is -0.340 e. The fraction of sp³-hybridized carbons (Fsp3) is 0.474. The van der Waals surface area contributed by atoms with Crippen LogP contribution >= 0.6 is 0 Å². The van der Waals surface area contributed by atoms with Crippen LogP contribution in [-0.4, -0.2) is 35.6 Å². The number of imide groups is 1. The number of hydrogen-bond acceptors (Lipinski definition) is 3. The third-order valence-corrected chi connectivity index (χ3v) is 5.14. The number of fused-ring (bicyclic) bond motifs is 1. The minimum atomic E-state index is -4.50. The summed E-state index contributed by atoms with van der Waals surface area (Å²) in [5, 5.41) is 2.72. The number of carbonyl (C=O) groups excluding carboxylic acids is 2. The Hall–Kier alpha value is -2.69. The standard InChI is InChI=1S/C19H20F3N3O2/c1-5-9-24-15(26)18(17(2,3)4,23-16(24)27)25-10-8-12-6-7-13(11-14(12)25)19(20,21)22/h1,6-7,11H,8-10H2,2-4H3,(H,23,27). The van der Waals surface area contributed by atoms with Gasteiger partial charge in [-0.15, -0.1) is 6.42 Å². The highest BCUT2D eigenvalue weighted by Gasteiger charge is 2.62. The van der Waals surface area contributed by atoms with Crippen LogP contribution in [0.1, 0.15) is 31.9 Å². The van der Waals surface area contributed by atoms with Crippen molar-refractivity contribution >= 4 is 17.6 Å². The molecule has 1 N–H and O–H groups in total. The summed E-state index contributed by atoms with van der Waals surface area (Å²) in [6.07, 6.45) is 1.24. The maximum Gasteiger partial charge on any atom is 0.416 e. The summed E-state index contributed by atoms with van der Waals surface area (Å²) in [6, 6.07) is 2.85. The van der Waals surface area contributed by atoms with E-state index in [0.717, 1.165) is 17.0 Å². The first kappa shape index (κ1) is 19.1. The third-order valence-electron chi connectivity index (χ3n) is 5.14. The molecule has 3 rings (SSSR count). The number of nitrogens with one attached hydrogen (secondary N) is 1. The number of carbonyl (C=O) groups is 2. The molecule has 1 fully saturated rings. The number of urea groups is 1. The Morgan fingerprint density at radius 1 is 1.26 bits per heavy atom. The van der Waals surface area contributed by atoms with Crippen LogP contribution in [0.4, 0.5) is 23.7 Å². The largest absolute Gasteiger partial charge is 0.416 e. The molecule has 1 atom stereocenters. The molecule has 5 nitrogen and oxygen atoms in total. The molecule has 1 aromatic rings. The van der Waals surface area contributed by atoms with Crippen molar-refractivity contribution in [3.8, 4) is 12.3 Å². The summed E-state index contributed by atoms with van der Waals surface area (Å²) in [6.45, 7) is 5.39. The molecule has 0 aliphatic carbocycles. The van der Waals surface area contributed by atoms with Crippen molar-refractivity contribution in [3.05, 3.63) is 29.3 Å². The first-order valence-electron chi connectivity index (χ1n) is 8.49. The SMILES string of the molecule is C#CCN1C(=O)NC(N2CCc3ccc(C(F)(F)F)cc32)(C(C)(C)C)C1=O. The lowest BCUT2D eigenvalue weighted by Gasteiger charge is -2.47. The van der Waals surface area contributed by atoms with Gasteiger partial charge in [0.25, 0.3) is 5.91 Å². The van der Waals surface area contributed by atoms with E-state index >= 15 is 0 Å². The molecule has 2 heterocycles. The number of rotatable bonds is 2. The highest BCUT2D eigenvalue weighted by atomic mass is 19.4. The van der Waals surface area contributed by atoms with Gasteiger partial charge in [0.2, 0.25) is 5.66 Å². The van der Waals surface area contributed by atoms with Gasteiger partial charge in [0.15, 0.2) is 0 Å². The zero-order valence-electron chi connectivity index (χ0n) is 15.3. The Morgan fingerprint density at radius 3 is 2.48 bits per heavy atom. The van der Waals surface area contributed by atoms with Crippen LogP contribution in [-0.2, 0) is 17.4 Å². The van der Waals surface area contributed by atoms with Crippen molar-refractivity contribution < 1.29 is 22.8 Å². The van der Waals surface area contributed by atoms with E-state index in [1.165, 1.54) is 6.07 Å². The van der Waals surface area contributed by atoms with Crippen molar-refractivity contribution in [1.82, 2.24) is 10.2 Å². The predicted molar refractivity (Wildman–Crippen MR) is 93.8 cm³/mol. The highest BCUT2D eigenvalue weighted by Crippen LogP contribution is 2.45. The molecule has 2 aliphatic rings. The summed E-state index contributed by atoms with van der Waals surface area (Å²) in [4.78, 5) is 28.2. The Labute approximate surface area is 155 Å². The summed E-state index contributed by atoms with van der Waals surface area (Å²) >= 11 is 0. The maximum absolute atomic E-state index is 13.2. The zero-order valence-corrected chi connectivity index (χ0v) is 15.3. The normalized spacial score (nSPS) is 22.7. The third kappa shape index (κ3) is 2.73. The summed E-state index contributed by atoms with van der Waals surface area (Å²) < 4.78 is 39.6. The van der Waals surface area contributed by atoms with Crippen LogP contribution in [0.2, 0.25) is 0 Å². The fourth-order valence-corrected chi connectivity index (χ4v) is 3.80. The Balaban J connectivity index is 2.16. The predicted octanol–water partition coefficient (Wildman–Crippen LogP) is 3.00. The van der Waals surface area contributed by atoms with Gasteiger partial charge in [0.05, 0.1) is 12.1 Å². The summed E-state index contributed by atoms with van der Waals surface area (Å²) in [7, 11) is 0. The summed E-state index contributed by atoms with van der Waals surface area (Å²) in [5.74, 6) is 1.72. The lowest BCUT2D eigenvalue weighted by molar-refractivity contribution is -0.137. The van der Waals surface area contributed by atoms with Crippen LogP contribution in [0.3, 0.4) is 0 Å². The molecule has 1 aromatic carbocycles. The number of alkyl halides is 3. The van der Waals surface area contributed by atoms with E-state index in [1.54, 1.807) is 25.7 Å². The number of anilines is 1. The molecular weight excluding hydrogens is 359 g/mol. The number of amides is 3. The van der Waals surface area contributed by atoms with Crippen LogP contribution in [0.25, 0.3) is 0 Å². The maximum atomic E-state index is 13.2. The van der Waals surface area contributed by atoms with Crippen molar-refractivity contribution in [2.45, 2.75) is 39.0 Å². The van der Waals surface area contributed by atoms with Gasteiger partial charge in [-0.3, -0.25) is 4.79 Å². The van der Waals surface area contributed by atoms with Gasteiger partial charge in [-0.25, -0.2) is 9.69 Å². The van der Waals surface area contributed by atoms with Gasteiger partial charge in [-0.2, -0.15) is 13.2 Å². The number of benzene rings is 1. The molecule has 27 heavy (non-hydrogen) atoms. The van der Waals surface area contributed by atoms with E-state index in [0.29, 0.717) is 24.2 Å². The van der Waals surface area contributed by atoms with Crippen molar-refractivity contribution in [1.29, 1.82) is 0 Å². The number of terminal acetylenes is 1. The van der Waals surface area contributed by atoms with Gasteiger partial charge in [0.1, 0.15) is 0 Å². The molecule has 8 heteroatoms. The lowest BCUT2D eigenvalue weighted by Crippen LogP contribution is -2.68. The molecular formula is C19H20F3N3O2. The second-order valence-corrected chi connectivity index (χ2v) is 7.73. The molecule has 0 radical (unpaired) electrons. The number of hydrogen-bond donors (Lipinski definition) is 1. The van der Waals surface area contributed by atoms with E-state index in [-0.39, 0.29) is 6.54 Å². The van der Waals surface area contributed by atoms with E-state index in [9.17, 15) is 22.8 Å². The number of halogens is 3. The van der Waals surface area contributed by atoms with E-state index < -0.39 is 34.8 Å². The Kier molecular flexibility index (Phi) is 4.18. The fourth-order valence-electron chi connectivity index (χ4n) is 3.80. The Bertz CT molecular complexity index is 851. The topological polar surface area (TPSA) is 52.7 Å². The van der Waals surface area contributed by atoms with Crippen molar-refractivity contribution in [3.63, 3.8) is 0 Å². The average molecular weight is 379 g/mol. The second-order valence-electron chi connectivity index (χ2n) is 7.73. The molecule has 144 valence electrons. The minimum absolute atomic E-state index is 0.203. The molecule has 0 saturated carbocycles. The second kappa shape index (κ2) is 5.91. The average Bonchev–Trinajstić information content (AvgIpc) is 3.07. The van der Waals surface area contributed by atoms with Crippen LogP contribution in [0, 0.1) is 17.8 Å². The van der Waals surface area contributed by atoms with Gasteiger partial charge < -0.3 is 10.2 Å². The quantitative estimate of drug-likeness (QED) is 0.635. The molecule has 2 aliphatic heterocycles. The van der Waals surface area contributed by atoms with Crippen LogP contribution in [0.5, 0.6) is 0 Å². The lowest BCUT2D eigenvalue weighted by atomic mass is 9.78. The number of nitrogens with zero attached hydrogens (tertiary/aromatic N) is 2. The molecule has 3 amide bonds. The van der Waals surface area contributed by atoms with Gasteiger partial charge in [-0.1, -0.05) is 32.8 Å². The summed E-state index contributed by atoms with van der Waals surface area (Å²) in [5.41, 5.74) is -2.12. The molecule has 1 unspecified atom stereocenters. The smallest absolute Gasteiger partial charge is 0.340 e. The Morgan fingerprint density at radius 2 is 1.93 bits per heavy atom. The van der Waals surface area contributed by atoms with Crippen molar-refractivity contribution in [2.24, 2.45) is 5.41 Å². The monoisotopic (exact) mass is 379 g/mol. The molecule has 0 bridgehead atoms. The highest BCUT2D eigenvalue weighted by molar-refractivity contribution is 6.09. The van der Waals surface area contributed by atoms with Gasteiger partial charge >= 0.3 is 12.2 Å². The molecule has 0 spiro atoms. The molecule has 0 aromatic heterocycles. The molecule has 1 saturated heterocycles. The van der Waals surface area contributed by atoms with Gasteiger partial charge in [0, 0.05) is 17.6 Å². The zero-order chi connectivity index (χ0) is 20.2. The van der Waals surface area contributed by atoms with E-state index in [4.69, 9.17) is 6.42 Å². The van der Waals surface area contributed by atoms with E-state index in [1.807, 2.05) is 0 Å². The van der Waals surface area contributed by atoms with Gasteiger partial charge in [-0.05, 0) is 24.1 Å². The van der Waals surface area contributed by atoms with E-state index in [2.05, 4.69) is 11.2 Å². The van der Waals surface area contributed by atoms with Crippen molar-refractivity contribution in [2.75, 3.05) is 18.0 Å². The van der Waals surface area contributed by atoms with Crippen LogP contribution < -0.4 is 10.2 Å². The first-order chi connectivity index (χ1) is 12.4. The van der Waals surface area contributed by atoms with Crippen LogP contribution in [0.15, 0.2) is 18.2 Å². The first-order valence-corrected chi connectivity index (χ1v) is 8.49.